The Hall–Kier alpha value is -1.59. The number of carbonyl (C=O) groups excluding carboxylic acids is 1. The van der Waals surface area contributed by atoms with Gasteiger partial charge in [0.25, 0.3) is 0 Å². The van der Waals surface area contributed by atoms with Crippen LogP contribution in [0.4, 0.5) is 0 Å². The van der Waals surface area contributed by atoms with Gasteiger partial charge in [0.2, 0.25) is 5.91 Å². The highest BCUT2D eigenvalue weighted by molar-refractivity contribution is 5.79. The van der Waals surface area contributed by atoms with Crippen LogP contribution in [0.2, 0.25) is 0 Å². The van der Waals surface area contributed by atoms with Gasteiger partial charge < -0.3 is 15.6 Å². The molecule has 1 amide bonds. The molecule has 0 aromatic heterocycles. The molecule has 0 bridgehead atoms. The van der Waals surface area contributed by atoms with E-state index >= 15 is 0 Å². The van der Waals surface area contributed by atoms with Gasteiger partial charge in [0.1, 0.15) is 18.5 Å². The number of likely N-dealkylation sites (N-methyl/N-ethyl adjacent to an activating group) is 1. The van der Waals surface area contributed by atoms with Crippen molar-refractivity contribution in [3.63, 3.8) is 0 Å². The van der Waals surface area contributed by atoms with E-state index in [0.717, 1.165) is 11.3 Å². The number of hydrogen-bond acceptors (Lipinski definition) is 4. The molecule has 0 radical (unpaired) electrons. The molecule has 0 saturated heterocycles. The fraction of sp³-hybridized carbons (Fsp3) is 0.611. The monoisotopic (exact) mass is 322 g/mol. The summed E-state index contributed by atoms with van der Waals surface area (Å²) in [6.07, 6.45) is -0.691. The number of aryl methyl sites for hydroxylation is 1. The molecular weight excluding hydrogens is 292 g/mol. The van der Waals surface area contributed by atoms with E-state index in [1.165, 1.54) is 5.56 Å². The van der Waals surface area contributed by atoms with Crippen molar-refractivity contribution in [2.45, 2.75) is 52.2 Å². The number of amides is 1. The third kappa shape index (κ3) is 5.84. The van der Waals surface area contributed by atoms with E-state index in [-0.39, 0.29) is 12.0 Å². The maximum absolute atomic E-state index is 11.1. The SMILES string of the molecule is Cc1cc(C(C)(C)C)ccc1OCC(O)CN(C)[C@H](C)C(N)=O. The van der Waals surface area contributed by atoms with Crippen molar-refractivity contribution in [2.75, 3.05) is 20.2 Å². The van der Waals surface area contributed by atoms with Gasteiger partial charge in [-0.3, -0.25) is 9.69 Å². The molecule has 0 aliphatic carbocycles. The van der Waals surface area contributed by atoms with Crippen LogP contribution in [0.1, 0.15) is 38.8 Å². The minimum atomic E-state index is -0.691. The van der Waals surface area contributed by atoms with Gasteiger partial charge in [-0.1, -0.05) is 32.9 Å². The van der Waals surface area contributed by atoms with Gasteiger partial charge in [-0.15, -0.1) is 0 Å². The zero-order valence-electron chi connectivity index (χ0n) is 15.1. The maximum atomic E-state index is 11.1. The first kappa shape index (κ1) is 19.5. The molecule has 2 atom stereocenters. The van der Waals surface area contributed by atoms with Crippen LogP contribution in [0.15, 0.2) is 18.2 Å². The standard InChI is InChI=1S/C18H30N2O3/c1-12-9-14(18(3,4)5)7-8-16(12)23-11-15(21)10-20(6)13(2)17(19)22/h7-9,13,15,21H,10-11H2,1-6H3,(H2,19,22)/t13-,15?/m1/s1. The van der Waals surface area contributed by atoms with Crippen LogP contribution in [0.5, 0.6) is 5.75 Å². The Balaban J connectivity index is 2.60. The number of rotatable bonds is 7. The van der Waals surface area contributed by atoms with E-state index < -0.39 is 18.1 Å². The molecular formula is C18H30N2O3. The van der Waals surface area contributed by atoms with Crippen LogP contribution < -0.4 is 10.5 Å². The topological polar surface area (TPSA) is 75.8 Å². The first-order valence-corrected chi connectivity index (χ1v) is 7.94. The van der Waals surface area contributed by atoms with E-state index in [9.17, 15) is 9.90 Å². The Morgan fingerprint density at radius 2 is 2.00 bits per heavy atom. The molecule has 0 fully saturated rings. The molecule has 130 valence electrons. The quantitative estimate of drug-likeness (QED) is 0.803. The number of ether oxygens (including phenoxy) is 1. The largest absolute Gasteiger partial charge is 0.491 e. The van der Waals surface area contributed by atoms with E-state index in [2.05, 4.69) is 32.9 Å². The summed E-state index contributed by atoms with van der Waals surface area (Å²) >= 11 is 0. The van der Waals surface area contributed by atoms with Crippen molar-refractivity contribution in [3.05, 3.63) is 29.3 Å². The molecule has 23 heavy (non-hydrogen) atoms. The number of aliphatic hydroxyl groups excluding tert-OH is 1. The highest BCUT2D eigenvalue weighted by Gasteiger charge is 2.19. The van der Waals surface area contributed by atoms with E-state index in [4.69, 9.17) is 10.5 Å². The molecule has 5 nitrogen and oxygen atoms in total. The summed E-state index contributed by atoms with van der Waals surface area (Å²) < 4.78 is 5.71. The third-order valence-corrected chi connectivity index (χ3v) is 4.04. The van der Waals surface area contributed by atoms with Gasteiger partial charge in [-0.2, -0.15) is 0 Å². The number of primary amides is 1. The van der Waals surface area contributed by atoms with Crippen molar-refractivity contribution in [3.8, 4) is 5.75 Å². The normalized spacial score (nSPS) is 14.6. The average Bonchev–Trinajstić information content (AvgIpc) is 2.43. The molecule has 0 aliphatic rings. The van der Waals surface area contributed by atoms with E-state index in [0.29, 0.717) is 6.54 Å². The van der Waals surface area contributed by atoms with Crippen LogP contribution in [0.25, 0.3) is 0 Å². The fourth-order valence-corrected chi connectivity index (χ4v) is 2.22. The van der Waals surface area contributed by atoms with E-state index in [1.807, 2.05) is 13.0 Å². The predicted molar refractivity (Wildman–Crippen MR) is 92.7 cm³/mol. The van der Waals surface area contributed by atoms with Gasteiger partial charge in [-0.25, -0.2) is 0 Å². The maximum Gasteiger partial charge on any atom is 0.234 e. The lowest BCUT2D eigenvalue weighted by Crippen LogP contribution is -2.44. The lowest BCUT2D eigenvalue weighted by Gasteiger charge is -2.25. The van der Waals surface area contributed by atoms with Crippen LogP contribution in [0, 0.1) is 6.92 Å². The number of nitrogens with two attached hydrogens (primary N) is 1. The van der Waals surface area contributed by atoms with Crippen molar-refractivity contribution in [2.24, 2.45) is 5.73 Å². The van der Waals surface area contributed by atoms with Crippen LogP contribution in [0.3, 0.4) is 0 Å². The van der Waals surface area contributed by atoms with Crippen molar-refractivity contribution in [1.29, 1.82) is 0 Å². The summed E-state index contributed by atoms with van der Waals surface area (Å²) in [5.41, 5.74) is 7.64. The van der Waals surface area contributed by atoms with Crippen LogP contribution in [-0.4, -0.2) is 48.3 Å². The molecule has 0 heterocycles. The summed E-state index contributed by atoms with van der Waals surface area (Å²) in [6, 6.07) is 5.69. The lowest BCUT2D eigenvalue weighted by atomic mass is 9.86. The van der Waals surface area contributed by atoms with Gasteiger partial charge in [0.15, 0.2) is 0 Å². The van der Waals surface area contributed by atoms with Crippen LogP contribution >= 0.6 is 0 Å². The predicted octanol–water partition coefficient (Wildman–Crippen LogP) is 1.84. The molecule has 5 heteroatoms. The smallest absolute Gasteiger partial charge is 0.234 e. The highest BCUT2D eigenvalue weighted by Crippen LogP contribution is 2.27. The number of hydrogen-bond donors (Lipinski definition) is 2. The molecule has 1 rings (SSSR count). The van der Waals surface area contributed by atoms with E-state index in [1.54, 1.807) is 18.9 Å². The second-order valence-electron chi connectivity index (χ2n) is 7.21. The minimum absolute atomic E-state index is 0.0937. The Morgan fingerprint density at radius 3 is 2.48 bits per heavy atom. The molecule has 3 N–H and O–H groups in total. The Kier molecular flexibility index (Phi) is 6.59. The molecule has 0 aliphatic heterocycles. The van der Waals surface area contributed by atoms with Gasteiger partial charge in [0.05, 0.1) is 6.04 Å². The summed E-state index contributed by atoms with van der Waals surface area (Å²) in [5.74, 6) is 0.358. The minimum Gasteiger partial charge on any atom is -0.491 e. The van der Waals surface area contributed by atoms with Crippen molar-refractivity contribution < 1.29 is 14.6 Å². The summed E-state index contributed by atoms with van der Waals surface area (Å²) in [6.45, 7) is 10.7. The number of aliphatic hydroxyl groups is 1. The fourth-order valence-electron chi connectivity index (χ4n) is 2.22. The van der Waals surface area contributed by atoms with Gasteiger partial charge >= 0.3 is 0 Å². The first-order valence-electron chi connectivity index (χ1n) is 7.94. The summed E-state index contributed by atoms with van der Waals surface area (Å²) in [4.78, 5) is 12.8. The third-order valence-electron chi connectivity index (χ3n) is 4.04. The molecule has 1 aromatic carbocycles. The van der Waals surface area contributed by atoms with Gasteiger partial charge in [-0.05, 0) is 43.5 Å². The Morgan fingerprint density at radius 1 is 1.39 bits per heavy atom. The number of nitrogens with zero attached hydrogens (tertiary/aromatic N) is 1. The second-order valence-corrected chi connectivity index (χ2v) is 7.21. The number of benzene rings is 1. The Labute approximate surface area is 139 Å². The van der Waals surface area contributed by atoms with Crippen molar-refractivity contribution in [1.82, 2.24) is 4.90 Å². The zero-order chi connectivity index (χ0) is 17.8. The second kappa shape index (κ2) is 7.79. The summed E-state index contributed by atoms with van der Waals surface area (Å²) in [7, 11) is 1.75. The Bertz CT molecular complexity index is 538. The number of carbonyl (C=O) groups is 1. The van der Waals surface area contributed by atoms with Crippen molar-refractivity contribution >= 4 is 5.91 Å². The highest BCUT2D eigenvalue weighted by atomic mass is 16.5. The summed E-state index contributed by atoms with van der Waals surface area (Å²) in [5, 5.41) is 10.1. The first-order chi connectivity index (χ1) is 10.5. The molecule has 1 aromatic rings. The van der Waals surface area contributed by atoms with Crippen LogP contribution in [-0.2, 0) is 10.2 Å². The van der Waals surface area contributed by atoms with Gasteiger partial charge in [0, 0.05) is 6.54 Å². The molecule has 0 spiro atoms. The molecule has 1 unspecified atom stereocenters. The average molecular weight is 322 g/mol. The zero-order valence-corrected chi connectivity index (χ0v) is 15.1. The lowest BCUT2D eigenvalue weighted by molar-refractivity contribution is -0.122. The molecule has 0 saturated carbocycles.